The van der Waals surface area contributed by atoms with Crippen LogP contribution in [0.5, 0.6) is 0 Å². The highest BCUT2D eigenvalue weighted by atomic mass is 32.1. The van der Waals surface area contributed by atoms with E-state index in [1.54, 1.807) is 6.20 Å². The molecule has 0 radical (unpaired) electrons. The summed E-state index contributed by atoms with van der Waals surface area (Å²) in [5.74, 6) is 0.137. The Labute approximate surface area is 192 Å². The van der Waals surface area contributed by atoms with Gasteiger partial charge in [-0.2, -0.15) is 13.2 Å². The number of aliphatic carboxylic acids is 1. The highest BCUT2D eigenvalue weighted by Crippen LogP contribution is 2.48. The topological polar surface area (TPSA) is 82.1 Å². The molecular weight excluding hydrogens is 453 g/mol. The van der Waals surface area contributed by atoms with Crippen molar-refractivity contribution in [2.45, 2.75) is 51.1 Å². The summed E-state index contributed by atoms with van der Waals surface area (Å²) in [4.78, 5) is 26.1. The molecule has 0 amide bonds. The average molecular weight is 479 g/mol. The number of piperidine rings is 1. The number of fused-ring (bicyclic) bond motifs is 1. The summed E-state index contributed by atoms with van der Waals surface area (Å²) in [6.45, 7) is 1.82. The molecule has 2 aliphatic rings. The lowest BCUT2D eigenvalue weighted by molar-refractivity contribution is -0.139. The van der Waals surface area contributed by atoms with Gasteiger partial charge in [0.05, 0.1) is 27.7 Å². The fraction of sp³-hybridized carbons (Fsp3) is 0.522. The van der Waals surface area contributed by atoms with Gasteiger partial charge in [-0.05, 0) is 68.1 Å². The Morgan fingerprint density at radius 3 is 2.61 bits per heavy atom. The number of anilines is 1. The molecule has 1 aromatic carbocycles. The van der Waals surface area contributed by atoms with Crippen LogP contribution in [0.3, 0.4) is 0 Å². The van der Waals surface area contributed by atoms with Crippen LogP contribution in [0.2, 0.25) is 0 Å². The van der Waals surface area contributed by atoms with Crippen molar-refractivity contribution in [3.8, 4) is 10.7 Å². The molecule has 176 valence electrons. The number of benzene rings is 1. The molecule has 2 fully saturated rings. The normalized spacial score (nSPS) is 19.4. The number of nitrogens with zero attached hydrogens (tertiary/aromatic N) is 3. The Bertz CT molecular complexity index is 1150. The van der Waals surface area contributed by atoms with Crippen molar-refractivity contribution in [1.29, 1.82) is 0 Å². The Kier molecular flexibility index (Phi) is 5.58. The molecule has 10 heteroatoms. The van der Waals surface area contributed by atoms with Crippen LogP contribution in [0, 0.1) is 11.3 Å². The van der Waals surface area contributed by atoms with E-state index in [9.17, 15) is 18.0 Å². The van der Waals surface area contributed by atoms with Gasteiger partial charge in [0.2, 0.25) is 0 Å². The third-order valence-corrected chi connectivity index (χ3v) is 8.32. The molecule has 0 unspecified atom stereocenters. The number of carboxylic acids is 1. The van der Waals surface area contributed by atoms with E-state index < -0.39 is 17.7 Å². The van der Waals surface area contributed by atoms with Crippen molar-refractivity contribution in [3.63, 3.8) is 0 Å². The summed E-state index contributed by atoms with van der Waals surface area (Å²) in [5, 5.41) is 9.93. The van der Waals surface area contributed by atoms with Crippen LogP contribution in [-0.4, -0.2) is 39.1 Å². The molecular formula is C23H25F3N4O2S. The second-order valence-electron chi connectivity index (χ2n) is 9.35. The SMILES string of the molecule is O=C(O)CC1CCC2(CC1)CCN(c1ncc(-c3nc4ccc(C(F)(F)F)cc4[nH]3)s1)CC2. The summed E-state index contributed by atoms with van der Waals surface area (Å²) in [6.07, 6.45) is 3.96. The molecule has 1 aliphatic carbocycles. The predicted octanol–water partition coefficient (Wildman–Crippen LogP) is 5.96. The van der Waals surface area contributed by atoms with Crippen molar-refractivity contribution >= 4 is 33.5 Å². The van der Waals surface area contributed by atoms with Crippen LogP contribution in [-0.2, 0) is 11.0 Å². The minimum atomic E-state index is -4.39. The van der Waals surface area contributed by atoms with Gasteiger partial charge >= 0.3 is 12.1 Å². The summed E-state index contributed by atoms with van der Waals surface area (Å²) in [5.41, 5.74) is 0.467. The molecule has 5 rings (SSSR count). The number of H-pyrrole nitrogens is 1. The molecule has 1 saturated heterocycles. The van der Waals surface area contributed by atoms with Crippen molar-refractivity contribution < 1.29 is 23.1 Å². The highest BCUT2D eigenvalue weighted by Gasteiger charge is 2.39. The van der Waals surface area contributed by atoms with Crippen LogP contribution in [0.4, 0.5) is 18.3 Å². The molecule has 2 aromatic heterocycles. The zero-order chi connectivity index (χ0) is 23.2. The minimum absolute atomic E-state index is 0.281. The molecule has 0 atom stereocenters. The second-order valence-corrected chi connectivity index (χ2v) is 10.4. The Balaban J connectivity index is 1.24. The molecule has 1 spiro atoms. The summed E-state index contributed by atoms with van der Waals surface area (Å²) < 4.78 is 39.0. The molecule has 6 nitrogen and oxygen atoms in total. The molecule has 3 heterocycles. The predicted molar refractivity (Wildman–Crippen MR) is 120 cm³/mol. The summed E-state index contributed by atoms with van der Waals surface area (Å²) in [6, 6.07) is 3.52. The van der Waals surface area contributed by atoms with Crippen LogP contribution in [0.25, 0.3) is 21.7 Å². The number of imidazole rings is 1. The fourth-order valence-electron chi connectivity index (χ4n) is 5.24. The van der Waals surface area contributed by atoms with E-state index in [1.165, 1.54) is 17.4 Å². The summed E-state index contributed by atoms with van der Waals surface area (Å²) >= 11 is 1.49. The van der Waals surface area contributed by atoms with Crippen LogP contribution in [0.1, 0.15) is 50.5 Å². The molecule has 2 N–H and O–H groups in total. The molecule has 1 saturated carbocycles. The van der Waals surface area contributed by atoms with Gasteiger partial charge < -0.3 is 15.0 Å². The zero-order valence-electron chi connectivity index (χ0n) is 18.0. The molecule has 0 bridgehead atoms. The first kappa shape index (κ1) is 22.2. The lowest BCUT2D eigenvalue weighted by Crippen LogP contribution is -2.42. The Hall–Kier alpha value is -2.62. The van der Waals surface area contributed by atoms with Crippen molar-refractivity contribution in [1.82, 2.24) is 15.0 Å². The van der Waals surface area contributed by atoms with Crippen LogP contribution < -0.4 is 4.90 Å². The van der Waals surface area contributed by atoms with E-state index in [4.69, 9.17) is 5.11 Å². The lowest BCUT2D eigenvalue weighted by atomic mass is 9.65. The number of halogens is 3. The lowest BCUT2D eigenvalue weighted by Gasteiger charge is -2.45. The number of alkyl halides is 3. The highest BCUT2D eigenvalue weighted by molar-refractivity contribution is 7.18. The van der Waals surface area contributed by atoms with Crippen LogP contribution in [0.15, 0.2) is 24.4 Å². The van der Waals surface area contributed by atoms with Crippen molar-refractivity contribution in [2.75, 3.05) is 18.0 Å². The maximum absolute atomic E-state index is 13.0. The average Bonchev–Trinajstić information content (AvgIpc) is 3.42. The minimum Gasteiger partial charge on any atom is -0.481 e. The number of nitrogens with one attached hydrogen (secondary N) is 1. The summed E-state index contributed by atoms with van der Waals surface area (Å²) in [7, 11) is 0. The van der Waals surface area contributed by atoms with Gasteiger partial charge in [0.25, 0.3) is 0 Å². The third kappa shape index (κ3) is 4.58. The maximum Gasteiger partial charge on any atom is 0.416 e. The number of aromatic nitrogens is 3. The first-order valence-electron chi connectivity index (χ1n) is 11.2. The van der Waals surface area contributed by atoms with E-state index in [0.29, 0.717) is 28.2 Å². The maximum atomic E-state index is 13.0. The first-order chi connectivity index (χ1) is 15.7. The van der Waals surface area contributed by atoms with Gasteiger partial charge in [0.1, 0.15) is 5.82 Å². The van der Waals surface area contributed by atoms with E-state index >= 15 is 0 Å². The number of aromatic amines is 1. The zero-order valence-corrected chi connectivity index (χ0v) is 18.8. The number of rotatable bonds is 4. The standard InChI is InChI=1S/C23H25F3N4O2S/c24-23(25,26)15-1-2-16-17(12-15)29-20(28-16)18-13-27-21(33-18)30-9-7-22(8-10-30)5-3-14(4-6-22)11-19(31)32/h1-2,12-14H,3-11H2,(H,28,29)(H,31,32). The van der Waals surface area contributed by atoms with Gasteiger partial charge in [0, 0.05) is 19.5 Å². The van der Waals surface area contributed by atoms with Crippen LogP contribution >= 0.6 is 11.3 Å². The number of hydrogen-bond donors (Lipinski definition) is 2. The quantitative estimate of drug-likeness (QED) is 0.484. The van der Waals surface area contributed by atoms with Gasteiger partial charge in [-0.15, -0.1) is 0 Å². The molecule has 1 aliphatic heterocycles. The number of hydrogen-bond acceptors (Lipinski definition) is 5. The number of carboxylic acid groups (broad SMARTS) is 1. The number of thiazole rings is 1. The molecule has 3 aromatic rings. The van der Waals surface area contributed by atoms with Crippen molar-refractivity contribution in [2.24, 2.45) is 11.3 Å². The van der Waals surface area contributed by atoms with E-state index in [-0.39, 0.29) is 6.42 Å². The van der Waals surface area contributed by atoms with E-state index in [0.717, 1.165) is 73.8 Å². The largest absolute Gasteiger partial charge is 0.481 e. The monoisotopic (exact) mass is 478 g/mol. The smallest absolute Gasteiger partial charge is 0.416 e. The van der Waals surface area contributed by atoms with Gasteiger partial charge in [-0.3, -0.25) is 4.79 Å². The Morgan fingerprint density at radius 2 is 1.94 bits per heavy atom. The second kappa shape index (κ2) is 8.30. The van der Waals surface area contributed by atoms with E-state index in [1.807, 2.05) is 0 Å². The first-order valence-corrected chi connectivity index (χ1v) is 12.0. The van der Waals surface area contributed by atoms with Gasteiger partial charge in [-0.1, -0.05) is 11.3 Å². The molecule has 33 heavy (non-hydrogen) atoms. The third-order valence-electron chi connectivity index (χ3n) is 7.26. The number of carbonyl (C=O) groups is 1. The van der Waals surface area contributed by atoms with Crippen molar-refractivity contribution in [3.05, 3.63) is 30.0 Å². The van der Waals surface area contributed by atoms with E-state index in [2.05, 4.69) is 19.9 Å². The Morgan fingerprint density at radius 1 is 1.21 bits per heavy atom. The van der Waals surface area contributed by atoms with Gasteiger partial charge in [0.15, 0.2) is 5.13 Å². The van der Waals surface area contributed by atoms with Gasteiger partial charge in [-0.25, -0.2) is 9.97 Å². The fourth-order valence-corrected chi connectivity index (χ4v) is 6.15.